The van der Waals surface area contributed by atoms with E-state index in [9.17, 15) is 4.79 Å². The number of pyridine rings is 1. The predicted molar refractivity (Wildman–Crippen MR) is 63.4 cm³/mol. The van der Waals surface area contributed by atoms with Gasteiger partial charge in [-0.3, -0.25) is 9.78 Å². The fourth-order valence-electron chi connectivity index (χ4n) is 1.72. The molecule has 17 heavy (non-hydrogen) atoms. The van der Waals surface area contributed by atoms with Gasteiger partial charge in [0.05, 0.1) is 18.8 Å². The van der Waals surface area contributed by atoms with E-state index in [0.717, 1.165) is 17.8 Å². The lowest BCUT2D eigenvalue weighted by Gasteiger charge is -2.22. The van der Waals surface area contributed by atoms with Crippen LogP contribution < -0.4 is 10.6 Å². The number of nitrogens with one attached hydrogen (secondary N) is 2. The minimum atomic E-state index is -0.382. The molecule has 0 saturated carbocycles. The van der Waals surface area contributed by atoms with Crippen molar-refractivity contribution in [3.8, 4) is 0 Å². The number of amides is 1. The van der Waals surface area contributed by atoms with Gasteiger partial charge in [-0.1, -0.05) is 6.07 Å². The van der Waals surface area contributed by atoms with Crippen LogP contribution in [0.5, 0.6) is 0 Å². The van der Waals surface area contributed by atoms with E-state index in [-0.39, 0.29) is 12.0 Å². The van der Waals surface area contributed by atoms with Crippen LogP contribution in [-0.2, 0) is 16.1 Å². The molecular formula is C12H17N3O2. The fourth-order valence-corrected chi connectivity index (χ4v) is 1.72. The molecule has 5 nitrogen and oxygen atoms in total. The van der Waals surface area contributed by atoms with Crippen LogP contribution in [0.1, 0.15) is 11.3 Å². The molecule has 2 heterocycles. The zero-order chi connectivity index (χ0) is 12.1. The van der Waals surface area contributed by atoms with Gasteiger partial charge in [0.1, 0.15) is 6.10 Å². The standard InChI is InChI=1S/C12H17N3O2/c1-9-3-2-4-14-10(9)7-15-12(16)11-8-13-5-6-17-11/h2-4,11,13H,5-8H2,1H3,(H,15,16). The highest BCUT2D eigenvalue weighted by atomic mass is 16.5. The average Bonchev–Trinajstić information content (AvgIpc) is 2.38. The van der Waals surface area contributed by atoms with Crippen LogP contribution in [-0.4, -0.2) is 36.7 Å². The molecule has 92 valence electrons. The molecule has 0 spiro atoms. The van der Waals surface area contributed by atoms with Gasteiger partial charge in [0.2, 0.25) is 0 Å². The molecule has 1 saturated heterocycles. The Morgan fingerprint density at radius 1 is 1.71 bits per heavy atom. The van der Waals surface area contributed by atoms with Crippen LogP contribution in [0.4, 0.5) is 0 Å². The van der Waals surface area contributed by atoms with Crippen LogP contribution in [0.2, 0.25) is 0 Å². The predicted octanol–water partition coefficient (Wildman–Crippen LogP) is -0.00538. The van der Waals surface area contributed by atoms with Crippen molar-refractivity contribution in [2.24, 2.45) is 0 Å². The zero-order valence-electron chi connectivity index (χ0n) is 9.90. The number of hydrogen-bond donors (Lipinski definition) is 2. The number of carbonyl (C=O) groups is 1. The van der Waals surface area contributed by atoms with Crippen LogP contribution in [0, 0.1) is 6.92 Å². The number of rotatable bonds is 3. The second kappa shape index (κ2) is 5.75. The molecule has 5 heteroatoms. The van der Waals surface area contributed by atoms with Gasteiger partial charge in [0.25, 0.3) is 5.91 Å². The quantitative estimate of drug-likeness (QED) is 0.774. The Balaban J connectivity index is 1.85. The summed E-state index contributed by atoms with van der Waals surface area (Å²) in [5.74, 6) is -0.0812. The zero-order valence-corrected chi connectivity index (χ0v) is 9.90. The topological polar surface area (TPSA) is 63.2 Å². The number of morpholine rings is 1. The van der Waals surface area contributed by atoms with Gasteiger partial charge in [-0.25, -0.2) is 0 Å². The maximum Gasteiger partial charge on any atom is 0.250 e. The first-order valence-electron chi connectivity index (χ1n) is 5.78. The molecule has 1 aromatic heterocycles. The molecule has 2 rings (SSSR count). The van der Waals surface area contributed by atoms with Crippen molar-refractivity contribution in [3.05, 3.63) is 29.6 Å². The Morgan fingerprint density at radius 2 is 2.59 bits per heavy atom. The summed E-state index contributed by atoms with van der Waals surface area (Å²) < 4.78 is 5.36. The molecule has 1 aliphatic rings. The highest BCUT2D eigenvalue weighted by Crippen LogP contribution is 2.03. The lowest BCUT2D eigenvalue weighted by Crippen LogP contribution is -2.47. The van der Waals surface area contributed by atoms with Crippen LogP contribution in [0.15, 0.2) is 18.3 Å². The molecule has 1 amide bonds. The SMILES string of the molecule is Cc1cccnc1CNC(=O)C1CNCCO1. The first-order valence-corrected chi connectivity index (χ1v) is 5.78. The lowest BCUT2D eigenvalue weighted by molar-refractivity contribution is -0.134. The average molecular weight is 235 g/mol. The first-order chi connectivity index (χ1) is 8.27. The number of aromatic nitrogens is 1. The van der Waals surface area contributed by atoms with E-state index in [1.165, 1.54) is 0 Å². The van der Waals surface area contributed by atoms with Crippen molar-refractivity contribution in [2.45, 2.75) is 19.6 Å². The molecule has 0 bridgehead atoms. The van der Waals surface area contributed by atoms with Crippen molar-refractivity contribution < 1.29 is 9.53 Å². The Morgan fingerprint density at radius 3 is 3.29 bits per heavy atom. The van der Waals surface area contributed by atoms with Crippen LogP contribution >= 0.6 is 0 Å². The van der Waals surface area contributed by atoms with Gasteiger partial charge >= 0.3 is 0 Å². The summed E-state index contributed by atoms with van der Waals surface area (Å²) in [6, 6.07) is 3.86. The highest BCUT2D eigenvalue weighted by molar-refractivity contribution is 5.81. The maximum absolute atomic E-state index is 11.8. The number of aryl methyl sites for hydroxylation is 1. The van der Waals surface area contributed by atoms with E-state index in [4.69, 9.17) is 4.74 Å². The normalized spacial score (nSPS) is 19.9. The van der Waals surface area contributed by atoms with E-state index in [2.05, 4.69) is 15.6 Å². The molecule has 1 fully saturated rings. The summed E-state index contributed by atoms with van der Waals surface area (Å²) in [6.07, 6.45) is 1.35. The van der Waals surface area contributed by atoms with Crippen LogP contribution in [0.25, 0.3) is 0 Å². The van der Waals surface area contributed by atoms with E-state index in [0.29, 0.717) is 19.7 Å². The van der Waals surface area contributed by atoms with Gasteiger partial charge in [0.15, 0.2) is 0 Å². The number of hydrogen-bond acceptors (Lipinski definition) is 4. The first kappa shape index (κ1) is 12.0. The molecule has 2 N–H and O–H groups in total. The van der Waals surface area contributed by atoms with Gasteiger partial charge in [0, 0.05) is 19.3 Å². The Hall–Kier alpha value is -1.46. The van der Waals surface area contributed by atoms with Crippen molar-refractivity contribution in [1.82, 2.24) is 15.6 Å². The summed E-state index contributed by atoms with van der Waals surface area (Å²) in [5, 5.41) is 5.97. The smallest absolute Gasteiger partial charge is 0.250 e. The molecule has 1 aliphatic heterocycles. The highest BCUT2D eigenvalue weighted by Gasteiger charge is 2.21. The van der Waals surface area contributed by atoms with Crippen molar-refractivity contribution in [3.63, 3.8) is 0 Å². The maximum atomic E-state index is 11.8. The third-order valence-corrected chi connectivity index (χ3v) is 2.77. The molecule has 0 radical (unpaired) electrons. The molecule has 1 atom stereocenters. The largest absolute Gasteiger partial charge is 0.366 e. The summed E-state index contributed by atoms with van der Waals surface area (Å²) in [5.41, 5.74) is 1.97. The lowest BCUT2D eigenvalue weighted by atomic mass is 10.2. The number of carbonyl (C=O) groups excluding carboxylic acids is 1. The summed E-state index contributed by atoms with van der Waals surface area (Å²) in [6.45, 7) is 4.40. The summed E-state index contributed by atoms with van der Waals surface area (Å²) in [7, 11) is 0. The Bertz CT molecular complexity index is 389. The van der Waals surface area contributed by atoms with Gasteiger partial charge in [-0.15, -0.1) is 0 Å². The molecule has 1 aromatic rings. The number of nitrogens with zero attached hydrogens (tertiary/aromatic N) is 1. The molecule has 0 aliphatic carbocycles. The Kier molecular flexibility index (Phi) is 4.06. The van der Waals surface area contributed by atoms with E-state index in [1.54, 1.807) is 6.20 Å². The van der Waals surface area contributed by atoms with Crippen LogP contribution in [0.3, 0.4) is 0 Å². The van der Waals surface area contributed by atoms with E-state index < -0.39 is 0 Å². The van der Waals surface area contributed by atoms with Gasteiger partial charge in [-0.05, 0) is 18.6 Å². The van der Waals surface area contributed by atoms with Crippen molar-refractivity contribution in [1.29, 1.82) is 0 Å². The fraction of sp³-hybridized carbons (Fsp3) is 0.500. The molecule has 0 aromatic carbocycles. The monoisotopic (exact) mass is 235 g/mol. The third-order valence-electron chi connectivity index (χ3n) is 2.77. The Labute approximate surface area is 101 Å². The summed E-state index contributed by atoms with van der Waals surface area (Å²) in [4.78, 5) is 16.0. The van der Waals surface area contributed by atoms with Gasteiger partial charge < -0.3 is 15.4 Å². The third kappa shape index (κ3) is 3.25. The second-order valence-electron chi connectivity index (χ2n) is 4.05. The number of ether oxygens (including phenoxy) is 1. The van der Waals surface area contributed by atoms with Crippen molar-refractivity contribution in [2.75, 3.05) is 19.7 Å². The van der Waals surface area contributed by atoms with Crippen molar-refractivity contribution >= 4 is 5.91 Å². The molecule has 1 unspecified atom stereocenters. The minimum Gasteiger partial charge on any atom is -0.366 e. The van der Waals surface area contributed by atoms with E-state index in [1.807, 2.05) is 19.1 Å². The van der Waals surface area contributed by atoms with Gasteiger partial charge in [-0.2, -0.15) is 0 Å². The minimum absolute atomic E-state index is 0.0812. The molecular weight excluding hydrogens is 218 g/mol. The summed E-state index contributed by atoms with van der Waals surface area (Å²) >= 11 is 0. The second-order valence-corrected chi connectivity index (χ2v) is 4.05. The van der Waals surface area contributed by atoms with E-state index >= 15 is 0 Å².